The van der Waals surface area contributed by atoms with E-state index in [1.165, 1.54) is 63.8 Å². The number of hydrazine groups is 2. The van der Waals surface area contributed by atoms with Gasteiger partial charge in [0.25, 0.3) is 5.91 Å². The van der Waals surface area contributed by atoms with Crippen molar-refractivity contribution < 1.29 is 87.0 Å². The maximum Gasteiger partial charge on any atom is 0.270 e. The van der Waals surface area contributed by atoms with E-state index < -0.39 is 82.9 Å². The van der Waals surface area contributed by atoms with Crippen LogP contribution in [-0.2, 0) is 58.7 Å². The summed E-state index contributed by atoms with van der Waals surface area (Å²) in [4.78, 5) is 64.9. The van der Waals surface area contributed by atoms with Crippen molar-refractivity contribution in [3.8, 4) is 17.2 Å². The van der Waals surface area contributed by atoms with Gasteiger partial charge in [0.15, 0.2) is 17.7 Å². The summed E-state index contributed by atoms with van der Waals surface area (Å²) < 4.78 is 51.3. The lowest BCUT2D eigenvalue weighted by Gasteiger charge is -2.42. The number of nitrogens with zero attached hydrogens (tertiary/aromatic N) is 1. The highest BCUT2D eigenvalue weighted by Crippen LogP contribution is 2.52. The van der Waals surface area contributed by atoms with Crippen molar-refractivity contribution in [3.05, 3.63) is 63.0 Å². The summed E-state index contributed by atoms with van der Waals surface area (Å²) in [5.74, 6) is 3.37. The molecule has 2 heterocycles. The van der Waals surface area contributed by atoms with Crippen LogP contribution in [0.15, 0.2) is 29.6 Å². The quantitative estimate of drug-likeness (QED) is 0.0108. The number of aliphatic hydroxyl groups excluding tert-OH is 1. The number of thioether (sulfide) groups is 2. The van der Waals surface area contributed by atoms with Gasteiger partial charge in [-0.3, -0.25) is 35.3 Å². The van der Waals surface area contributed by atoms with Crippen LogP contribution in [0.1, 0.15) is 147 Å². The van der Waals surface area contributed by atoms with E-state index in [-0.39, 0.29) is 66.6 Å². The molecule has 1 saturated carbocycles. The summed E-state index contributed by atoms with van der Waals surface area (Å²) in [5, 5.41) is 51.5. The van der Waals surface area contributed by atoms with Gasteiger partial charge < -0.3 is 83.9 Å². The van der Waals surface area contributed by atoms with Crippen LogP contribution >= 0.6 is 23.5 Å². The number of nitrogens with two attached hydrogens (primary N) is 2. The van der Waals surface area contributed by atoms with Gasteiger partial charge in [-0.15, -0.1) is 0 Å². The highest BCUT2D eigenvalue weighted by molar-refractivity contribution is 8.00. The Morgan fingerprint density at radius 2 is 1.53 bits per heavy atom. The summed E-state index contributed by atoms with van der Waals surface area (Å²) in [5.41, 5.74) is 8.90. The van der Waals surface area contributed by atoms with Gasteiger partial charge in [-0.1, -0.05) is 51.7 Å². The molecule has 2 saturated heterocycles. The van der Waals surface area contributed by atoms with Gasteiger partial charge in [0.05, 0.1) is 120 Å². The molecule has 2 aromatic rings. The van der Waals surface area contributed by atoms with E-state index in [9.17, 15) is 39.3 Å². The van der Waals surface area contributed by atoms with Crippen LogP contribution in [0.25, 0.3) is 0 Å². The molecular formula is C61H99N7O18S2. The van der Waals surface area contributed by atoms with Crippen molar-refractivity contribution >= 4 is 53.2 Å². The Kier molecular flexibility index (Phi) is 35.9. The number of morpholine rings is 1. The number of phenolic OH excluding ortho intramolecular Hbond substituents is 2. The number of unbranched alkanes of at least 4 members (excludes halogenated alkanes) is 1. The van der Waals surface area contributed by atoms with Crippen molar-refractivity contribution in [1.82, 2.24) is 26.5 Å². The fraction of sp³-hybridized carbons (Fsp3) is 0.689. The number of hydrogen-bond donors (Lipinski definition) is 10. The number of nitrogens with one attached hydrogen (secondary N) is 4. The van der Waals surface area contributed by atoms with Gasteiger partial charge in [0.1, 0.15) is 29.8 Å². The van der Waals surface area contributed by atoms with Crippen LogP contribution in [0.5, 0.6) is 17.2 Å². The molecule has 27 heteroatoms. The minimum atomic E-state index is -2.37. The summed E-state index contributed by atoms with van der Waals surface area (Å²) in [6.07, 6.45) is 8.50. The largest absolute Gasteiger partial charge is 0.507 e. The number of likely N-dealkylation sites (N-methyl/N-ethyl adjacent to an activating group) is 1. The first-order valence-corrected chi connectivity index (χ1v) is 33.0. The number of carbonyl (C=O) groups is 5. The van der Waals surface area contributed by atoms with Crippen LogP contribution in [0.3, 0.4) is 0 Å². The lowest BCUT2D eigenvalue weighted by Crippen LogP contribution is -2.56. The van der Waals surface area contributed by atoms with Crippen molar-refractivity contribution in [1.29, 1.82) is 0 Å². The molecule has 2 amide bonds. The van der Waals surface area contributed by atoms with Crippen LogP contribution in [0.4, 0.5) is 0 Å². The van der Waals surface area contributed by atoms with Crippen LogP contribution in [-0.4, -0.2) is 215 Å². The van der Waals surface area contributed by atoms with Crippen LogP contribution < -0.4 is 37.8 Å². The zero-order chi connectivity index (χ0) is 64.4. The summed E-state index contributed by atoms with van der Waals surface area (Å²) in [7, 11) is 4.18. The third-order valence-electron chi connectivity index (χ3n) is 15.0. The summed E-state index contributed by atoms with van der Waals surface area (Å²) in [6, 6.07) is 4.40. The van der Waals surface area contributed by atoms with E-state index in [4.69, 9.17) is 59.3 Å². The number of aldehydes is 1. The zero-order valence-electron chi connectivity index (χ0n) is 52.5. The van der Waals surface area contributed by atoms with Crippen LogP contribution in [0, 0.1) is 0 Å². The molecule has 0 spiro atoms. The standard InChI is InChI=1S/C42H58N4O16.C16H31N3OS2.C2H6.CH4O/c1-24-27(61-31-23-59-14-11-44-31)7-8-32(60-24)62-29-22-42(53,41(52)46-45-30(47)9-12-55-15-17-57-19-20-58-18-16-56-13-10-43-2)21-26-34(29)40(51)36-35(38(26)49)37(48)25-5-4-6-28(54-3)33(25)39(36)50;1-21-12-15(17)16(19(18)10-6-7-11-20)13-22-14-8-4-2-3-5-9-14;2*1-2/h4-6,24,27,29,31-32,43-44,49,51,53H,7-23H2,1-3H3,(H,45,47)(H,46,52);11,14H,2-10,12-13,17-18H2,1H3;1-2H3;2H,1H3/b;16-15-;;/t24-,27-,29-,31?,32?,42-;;;/m0.../s1. The first-order valence-electron chi connectivity index (χ1n) is 30.6. The normalized spacial score (nSPS) is 21.8. The van der Waals surface area contributed by atoms with Gasteiger partial charge in [-0.05, 0) is 52.0 Å². The third-order valence-corrected chi connectivity index (χ3v) is 17.0. The fourth-order valence-electron chi connectivity index (χ4n) is 10.5. The molecule has 498 valence electrons. The van der Waals surface area contributed by atoms with E-state index in [0.717, 1.165) is 54.5 Å². The van der Waals surface area contributed by atoms with Crippen molar-refractivity contribution in [2.75, 3.05) is 125 Å². The highest BCUT2D eigenvalue weighted by atomic mass is 32.2. The number of amides is 2. The molecule has 3 aliphatic carbocycles. The maximum absolute atomic E-state index is 14.1. The van der Waals surface area contributed by atoms with Gasteiger partial charge in [-0.25, -0.2) is 5.84 Å². The molecule has 0 radical (unpaired) electrons. The first-order chi connectivity index (χ1) is 42.7. The molecule has 0 bridgehead atoms. The molecule has 2 unspecified atom stereocenters. The number of fused-ring (bicyclic) bond motifs is 3. The van der Waals surface area contributed by atoms with E-state index in [2.05, 4.69) is 27.7 Å². The number of methoxy groups -OCH3 is 1. The van der Waals surface area contributed by atoms with Crippen molar-refractivity contribution in [2.24, 2.45) is 11.6 Å². The second-order valence-corrected chi connectivity index (χ2v) is 23.2. The number of carbonyl (C=O) groups excluding carboxylic acids is 5. The highest BCUT2D eigenvalue weighted by Gasteiger charge is 2.50. The molecule has 6 atom stereocenters. The fourth-order valence-corrected chi connectivity index (χ4v) is 12.4. The van der Waals surface area contributed by atoms with Crippen molar-refractivity contribution in [2.45, 2.75) is 146 Å². The van der Waals surface area contributed by atoms with Gasteiger partial charge in [0.2, 0.25) is 11.7 Å². The number of rotatable bonds is 31. The minimum Gasteiger partial charge on any atom is -0.507 e. The summed E-state index contributed by atoms with van der Waals surface area (Å²) >= 11 is 3.72. The molecule has 2 aromatic carbocycles. The molecule has 12 N–H and O–H groups in total. The Balaban J connectivity index is 0.000000534. The lowest BCUT2D eigenvalue weighted by molar-refractivity contribution is -0.258. The monoisotopic (exact) mass is 1280 g/mol. The molecule has 25 nitrogen and oxygen atoms in total. The molecule has 88 heavy (non-hydrogen) atoms. The number of benzene rings is 2. The molecule has 3 fully saturated rings. The van der Waals surface area contributed by atoms with E-state index in [1.807, 2.05) is 39.6 Å². The SMILES string of the molecule is CC.CNCCOCCOCCOCCOCCC(=O)NNC(=O)[C@]1(O)Cc2c(O)c3c(c(O)c2[C@@H](OC2CC[C@H](OC4COCCN4)[C@H](C)O2)C1)C(=O)c1c(OC)cccc1C3=O.CO.CSC/C(N)=C(\CSC1CCCCCC1)N(N)CCCC=O. The predicted molar refractivity (Wildman–Crippen MR) is 335 cm³/mol. The number of hydrogen-bond acceptors (Lipinski definition) is 25. The average Bonchev–Trinajstić information content (AvgIpc) is 1.02. The predicted octanol–water partition coefficient (Wildman–Crippen LogP) is 4.06. The second kappa shape index (κ2) is 41.6. The van der Waals surface area contributed by atoms with E-state index in [0.29, 0.717) is 78.6 Å². The lowest BCUT2D eigenvalue weighted by atomic mass is 9.72. The summed E-state index contributed by atoms with van der Waals surface area (Å²) in [6.45, 7) is 11.7. The third kappa shape index (κ3) is 22.9. The van der Waals surface area contributed by atoms with E-state index >= 15 is 0 Å². The molecule has 5 aliphatic rings. The smallest absolute Gasteiger partial charge is 0.270 e. The maximum atomic E-state index is 14.1. The minimum absolute atomic E-state index is 0.00967. The number of aliphatic hydroxyl groups is 2. The number of ketones is 2. The number of aromatic hydroxyl groups is 2. The topological polar surface area (TPSA) is 353 Å². The Labute approximate surface area is 527 Å². The Morgan fingerprint density at radius 1 is 0.875 bits per heavy atom. The Bertz CT molecular complexity index is 2490. The van der Waals surface area contributed by atoms with Crippen LogP contribution in [0.2, 0.25) is 0 Å². The number of ether oxygens (including phenoxy) is 9. The van der Waals surface area contributed by atoms with Gasteiger partial charge in [-0.2, -0.15) is 23.5 Å². The zero-order valence-corrected chi connectivity index (χ0v) is 54.1. The number of phenols is 2. The Morgan fingerprint density at radius 3 is 2.15 bits per heavy atom. The second-order valence-electron chi connectivity index (χ2n) is 21.1. The van der Waals surface area contributed by atoms with Crippen molar-refractivity contribution in [3.63, 3.8) is 0 Å². The Hall–Kier alpha value is -4.69. The van der Waals surface area contributed by atoms with Gasteiger partial charge in [0, 0.05) is 91.6 Å². The van der Waals surface area contributed by atoms with E-state index in [1.54, 1.807) is 16.8 Å². The first kappa shape index (κ1) is 75.8. The molecular weight excluding hydrogens is 1180 g/mol. The molecule has 2 aliphatic heterocycles. The molecule has 0 aromatic heterocycles. The average molecular weight is 1280 g/mol. The molecule has 7 rings (SSSR count). The van der Waals surface area contributed by atoms with Gasteiger partial charge >= 0.3 is 0 Å².